The van der Waals surface area contributed by atoms with Crippen LogP contribution >= 0.6 is 0 Å². The van der Waals surface area contributed by atoms with Gasteiger partial charge in [-0.1, -0.05) is 0 Å². The quantitative estimate of drug-likeness (QED) is 0.532. The molecular weight excluding hydrogens is 238 g/mol. The van der Waals surface area contributed by atoms with Crippen LogP contribution < -0.4 is 16.4 Å². The first-order chi connectivity index (χ1) is 8.32. The molecule has 1 saturated carbocycles. The molecule has 1 aliphatic rings. The first-order valence-electron chi connectivity index (χ1n) is 5.92. The van der Waals surface area contributed by atoms with Gasteiger partial charge in [-0.3, -0.25) is 4.79 Å². The predicted octanol–water partition coefficient (Wildman–Crippen LogP) is -0.0531. The smallest absolute Gasteiger partial charge is 0.326 e. The number of nitrogens with two attached hydrogens (primary N) is 1. The summed E-state index contributed by atoms with van der Waals surface area (Å²) in [5.41, 5.74) is 4.70. The molecule has 0 aromatic rings. The Morgan fingerprint density at radius 1 is 1.39 bits per heavy atom. The van der Waals surface area contributed by atoms with Crippen LogP contribution in [0.1, 0.15) is 39.0 Å². The van der Waals surface area contributed by atoms with Crippen LogP contribution in [0.15, 0.2) is 0 Å². The van der Waals surface area contributed by atoms with Crippen LogP contribution in [-0.2, 0) is 9.59 Å². The number of rotatable bonds is 6. The maximum Gasteiger partial charge on any atom is 0.326 e. The Hall–Kier alpha value is -1.79. The molecular formula is C11H19N3O4. The van der Waals surface area contributed by atoms with Crippen molar-refractivity contribution in [2.45, 2.75) is 50.6 Å². The van der Waals surface area contributed by atoms with Crippen molar-refractivity contribution in [1.82, 2.24) is 10.6 Å². The lowest BCUT2D eigenvalue weighted by Crippen LogP contribution is -2.56. The normalized spacial score (nSPS) is 18.3. The monoisotopic (exact) mass is 257 g/mol. The number of carboxylic acids is 1. The van der Waals surface area contributed by atoms with Gasteiger partial charge >= 0.3 is 12.0 Å². The van der Waals surface area contributed by atoms with E-state index in [2.05, 4.69) is 10.6 Å². The van der Waals surface area contributed by atoms with Crippen LogP contribution in [0.4, 0.5) is 4.79 Å². The van der Waals surface area contributed by atoms with Crippen molar-refractivity contribution >= 4 is 17.9 Å². The molecule has 5 N–H and O–H groups in total. The standard InChI is InChI=1S/C11H19N3O4/c1-11(5-2-6-11)14-10(18)13-7(9(16)17)3-4-8(12)15/h7H,2-6H2,1H3,(H2,12,15)(H,16,17)(H2,13,14,18)/t7-/m1/s1. The van der Waals surface area contributed by atoms with Crippen LogP contribution in [0.2, 0.25) is 0 Å². The highest BCUT2D eigenvalue weighted by molar-refractivity contribution is 5.83. The highest BCUT2D eigenvalue weighted by Crippen LogP contribution is 2.30. The molecule has 0 saturated heterocycles. The maximum atomic E-state index is 11.6. The number of urea groups is 1. The van der Waals surface area contributed by atoms with Gasteiger partial charge in [0.2, 0.25) is 5.91 Å². The molecule has 18 heavy (non-hydrogen) atoms. The third-order valence-electron chi connectivity index (χ3n) is 3.16. The fourth-order valence-corrected chi connectivity index (χ4v) is 1.84. The van der Waals surface area contributed by atoms with Gasteiger partial charge in [-0.15, -0.1) is 0 Å². The lowest BCUT2D eigenvalue weighted by molar-refractivity contribution is -0.139. The summed E-state index contributed by atoms with van der Waals surface area (Å²) in [4.78, 5) is 33.1. The minimum Gasteiger partial charge on any atom is -0.480 e. The fourth-order valence-electron chi connectivity index (χ4n) is 1.84. The minimum atomic E-state index is -1.18. The maximum absolute atomic E-state index is 11.6. The van der Waals surface area contributed by atoms with Gasteiger partial charge in [-0.05, 0) is 32.6 Å². The van der Waals surface area contributed by atoms with Gasteiger partial charge in [0.25, 0.3) is 0 Å². The molecule has 0 bridgehead atoms. The number of primary amides is 1. The lowest BCUT2D eigenvalue weighted by atomic mass is 9.79. The molecule has 1 aliphatic carbocycles. The first-order valence-corrected chi connectivity index (χ1v) is 5.92. The SMILES string of the molecule is CC1(NC(=O)N[C@H](CCC(N)=O)C(=O)O)CCC1. The number of nitrogens with one attached hydrogen (secondary N) is 2. The highest BCUT2D eigenvalue weighted by Gasteiger charge is 2.34. The number of carbonyl (C=O) groups excluding carboxylic acids is 2. The summed E-state index contributed by atoms with van der Waals surface area (Å²) in [6.45, 7) is 1.91. The average Bonchev–Trinajstić information content (AvgIpc) is 2.21. The summed E-state index contributed by atoms with van der Waals surface area (Å²) in [7, 11) is 0. The van der Waals surface area contributed by atoms with Gasteiger partial charge < -0.3 is 21.5 Å². The molecule has 0 heterocycles. The second kappa shape index (κ2) is 5.70. The van der Waals surface area contributed by atoms with E-state index >= 15 is 0 Å². The van der Waals surface area contributed by atoms with Crippen LogP contribution in [-0.4, -0.2) is 34.6 Å². The van der Waals surface area contributed by atoms with E-state index in [1.54, 1.807) is 0 Å². The molecule has 0 unspecified atom stereocenters. The molecule has 7 nitrogen and oxygen atoms in total. The average molecular weight is 257 g/mol. The van der Waals surface area contributed by atoms with Gasteiger partial charge in [0, 0.05) is 12.0 Å². The van der Waals surface area contributed by atoms with Gasteiger partial charge in [-0.2, -0.15) is 0 Å². The van der Waals surface area contributed by atoms with Crippen LogP contribution in [0, 0.1) is 0 Å². The van der Waals surface area contributed by atoms with Crippen LogP contribution in [0.3, 0.4) is 0 Å². The molecule has 1 fully saturated rings. The fraction of sp³-hybridized carbons (Fsp3) is 0.727. The molecule has 0 radical (unpaired) electrons. The summed E-state index contributed by atoms with van der Waals surface area (Å²) in [5, 5.41) is 14.0. The van der Waals surface area contributed by atoms with E-state index in [9.17, 15) is 14.4 Å². The Labute approximate surface area is 105 Å². The van der Waals surface area contributed by atoms with Gasteiger partial charge in [-0.25, -0.2) is 9.59 Å². The molecule has 0 aliphatic heterocycles. The van der Waals surface area contributed by atoms with E-state index in [4.69, 9.17) is 10.8 Å². The van der Waals surface area contributed by atoms with Crippen molar-refractivity contribution in [3.8, 4) is 0 Å². The number of hydrogen-bond acceptors (Lipinski definition) is 3. The molecule has 0 aromatic carbocycles. The van der Waals surface area contributed by atoms with Crippen molar-refractivity contribution in [3.63, 3.8) is 0 Å². The zero-order valence-electron chi connectivity index (χ0n) is 10.4. The molecule has 0 aromatic heterocycles. The molecule has 1 atom stereocenters. The van der Waals surface area contributed by atoms with E-state index in [0.717, 1.165) is 19.3 Å². The summed E-state index contributed by atoms with van der Waals surface area (Å²) >= 11 is 0. The zero-order chi connectivity index (χ0) is 13.8. The Balaban J connectivity index is 2.42. The predicted molar refractivity (Wildman–Crippen MR) is 63.8 cm³/mol. The van der Waals surface area contributed by atoms with Crippen molar-refractivity contribution in [3.05, 3.63) is 0 Å². The van der Waals surface area contributed by atoms with Crippen LogP contribution in [0.5, 0.6) is 0 Å². The summed E-state index contributed by atoms with van der Waals surface area (Å²) in [6, 6.07) is -1.62. The summed E-state index contributed by atoms with van der Waals surface area (Å²) in [5.74, 6) is -1.76. The molecule has 0 spiro atoms. The Morgan fingerprint density at radius 2 is 2.00 bits per heavy atom. The first kappa shape index (κ1) is 14.3. The van der Waals surface area contributed by atoms with Crippen molar-refractivity contribution in [2.24, 2.45) is 5.73 Å². The zero-order valence-corrected chi connectivity index (χ0v) is 10.4. The van der Waals surface area contributed by atoms with Gasteiger partial charge in [0.05, 0.1) is 0 Å². The van der Waals surface area contributed by atoms with Crippen LogP contribution in [0.25, 0.3) is 0 Å². The second-order valence-electron chi connectivity index (χ2n) is 4.91. The van der Waals surface area contributed by atoms with Gasteiger partial charge in [0.1, 0.15) is 6.04 Å². The molecule has 1 rings (SSSR count). The number of aliphatic carboxylic acids is 1. The van der Waals surface area contributed by atoms with E-state index in [-0.39, 0.29) is 18.4 Å². The summed E-state index contributed by atoms with van der Waals surface area (Å²) < 4.78 is 0. The van der Waals surface area contributed by atoms with E-state index in [1.165, 1.54) is 0 Å². The molecule has 7 heteroatoms. The number of carboxylic acid groups (broad SMARTS) is 1. The lowest BCUT2D eigenvalue weighted by Gasteiger charge is -2.39. The minimum absolute atomic E-state index is 0.00516. The van der Waals surface area contributed by atoms with Crippen molar-refractivity contribution in [2.75, 3.05) is 0 Å². The Morgan fingerprint density at radius 3 is 2.39 bits per heavy atom. The van der Waals surface area contributed by atoms with E-state index in [1.807, 2.05) is 6.92 Å². The highest BCUT2D eigenvalue weighted by atomic mass is 16.4. The van der Waals surface area contributed by atoms with Gasteiger partial charge in [0.15, 0.2) is 0 Å². The Bertz CT molecular complexity index is 352. The second-order valence-corrected chi connectivity index (χ2v) is 4.91. The number of carbonyl (C=O) groups is 3. The third kappa shape index (κ3) is 4.23. The third-order valence-corrected chi connectivity index (χ3v) is 3.16. The number of amides is 3. The Kier molecular flexibility index (Phi) is 4.52. The van der Waals surface area contributed by atoms with Crippen molar-refractivity contribution < 1.29 is 19.5 Å². The number of hydrogen-bond donors (Lipinski definition) is 4. The van der Waals surface area contributed by atoms with E-state index in [0.29, 0.717) is 0 Å². The molecule has 102 valence electrons. The van der Waals surface area contributed by atoms with E-state index < -0.39 is 23.9 Å². The molecule has 3 amide bonds. The largest absolute Gasteiger partial charge is 0.480 e. The summed E-state index contributed by atoms with van der Waals surface area (Å²) in [6.07, 6.45) is 2.75. The topological polar surface area (TPSA) is 122 Å². The van der Waals surface area contributed by atoms with Crippen molar-refractivity contribution in [1.29, 1.82) is 0 Å².